The minimum Gasteiger partial charge on any atom is -0.356 e. The quantitative estimate of drug-likeness (QED) is 0.817. The van der Waals surface area contributed by atoms with Crippen molar-refractivity contribution in [2.75, 3.05) is 26.2 Å². The Kier molecular flexibility index (Phi) is 7.28. The maximum atomic E-state index is 12.3. The Morgan fingerprint density at radius 1 is 1.32 bits per heavy atom. The zero-order valence-corrected chi connectivity index (χ0v) is 16.4. The van der Waals surface area contributed by atoms with E-state index in [0.29, 0.717) is 25.9 Å². The molecule has 0 saturated carbocycles. The second-order valence-electron chi connectivity index (χ2n) is 7.27. The van der Waals surface area contributed by atoms with Crippen molar-refractivity contribution in [2.24, 2.45) is 5.41 Å². The van der Waals surface area contributed by atoms with Gasteiger partial charge in [-0.2, -0.15) is 0 Å². The number of piperidine rings is 1. The van der Waals surface area contributed by atoms with E-state index in [9.17, 15) is 9.59 Å². The predicted molar refractivity (Wildman–Crippen MR) is 103 cm³/mol. The van der Waals surface area contributed by atoms with Crippen LogP contribution in [-0.2, 0) is 22.6 Å². The van der Waals surface area contributed by atoms with Crippen molar-refractivity contribution in [2.45, 2.75) is 45.6 Å². The number of nitrogens with zero attached hydrogens (tertiary/aromatic N) is 1. The molecule has 7 heteroatoms. The van der Waals surface area contributed by atoms with Crippen LogP contribution < -0.4 is 10.6 Å². The molecular formula is C18H28ClN3O2S. The first kappa shape index (κ1) is 20.2. The van der Waals surface area contributed by atoms with Gasteiger partial charge in [0, 0.05) is 37.4 Å². The van der Waals surface area contributed by atoms with Crippen LogP contribution in [0.25, 0.3) is 0 Å². The summed E-state index contributed by atoms with van der Waals surface area (Å²) in [5.74, 6) is 0.0893. The minimum absolute atomic E-state index is 0. The van der Waals surface area contributed by atoms with E-state index in [1.807, 2.05) is 4.90 Å². The van der Waals surface area contributed by atoms with Crippen molar-refractivity contribution in [3.05, 3.63) is 21.9 Å². The molecule has 0 bridgehead atoms. The lowest BCUT2D eigenvalue weighted by Crippen LogP contribution is -2.43. The van der Waals surface area contributed by atoms with Gasteiger partial charge < -0.3 is 15.5 Å². The molecule has 1 aromatic heterocycles. The van der Waals surface area contributed by atoms with Gasteiger partial charge in [0.15, 0.2) is 0 Å². The van der Waals surface area contributed by atoms with Gasteiger partial charge in [-0.05, 0) is 54.8 Å². The summed E-state index contributed by atoms with van der Waals surface area (Å²) in [6.07, 6.45) is 3.72. The van der Waals surface area contributed by atoms with Crippen LogP contribution in [0.1, 0.15) is 43.0 Å². The van der Waals surface area contributed by atoms with Crippen LogP contribution in [0.15, 0.2) is 11.4 Å². The number of halogens is 1. The van der Waals surface area contributed by atoms with E-state index in [0.717, 1.165) is 38.9 Å². The first-order chi connectivity index (χ1) is 11.6. The summed E-state index contributed by atoms with van der Waals surface area (Å²) in [5, 5.41) is 8.46. The number of hydrogen-bond donors (Lipinski definition) is 2. The van der Waals surface area contributed by atoms with E-state index < -0.39 is 0 Å². The van der Waals surface area contributed by atoms with Crippen LogP contribution in [0.5, 0.6) is 0 Å². The molecule has 2 amide bonds. The first-order valence-corrected chi connectivity index (χ1v) is 9.74. The number of thiophene rings is 1. The fourth-order valence-corrected chi connectivity index (χ4v) is 4.34. The molecule has 0 atom stereocenters. The van der Waals surface area contributed by atoms with Crippen molar-refractivity contribution in [3.63, 3.8) is 0 Å². The molecule has 0 aliphatic carbocycles. The maximum absolute atomic E-state index is 12.3. The number of nitrogens with one attached hydrogen (secondary N) is 2. The SMILES string of the molecule is CC1(CNC(=O)CCC(=O)N2CCc3sccc3C2)CCNCC1.Cl. The van der Waals surface area contributed by atoms with Crippen LogP contribution in [-0.4, -0.2) is 42.9 Å². The van der Waals surface area contributed by atoms with Gasteiger partial charge >= 0.3 is 0 Å². The predicted octanol–water partition coefficient (Wildman–Crippen LogP) is 2.34. The van der Waals surface area contributed by atoms with Crippen LogP contribution in [0.2, 0.25) is 0 Å². The fourth-order valence-electron chi connectivity index (χ4n) is 3.45. The van der Waals surface area contributed by atoms with Crippen molar-refractivity contribution in [1.82, 2.24) is 15.5 Å². The van der Waals surface area contributed by atoms with Crippen LogP contribution in [0.3, 0.4) is 0 Å². The second kappa shape index (κ2) is 9.01. The van der Waals surface area contributed by atoms with Gasteiger partial charge in [-0.3, -0.25) is 9.59 Å². The summed E-state index contributed by atoms with van der Waals surface area (Å²) in [7, 11) is 0. The summed E-state index contributed by atoms with van der Waals surface area (Å²) < 4.78 is 0. The van der Waals surface area contributed by atoms with E-state index in [2.05, 4.69) is 29.0 Å². The maximum Gasteiger partial charge on any atom is 0.223 e. The average molecular weight is 386 g/mol. The third-order valence-electron chi connectivity index (χ3n) is 5.25. The number of carbonyl (C=O) groups excluding carboxylic acids is 2. The Hall–Kier alpha value is -1.11. The van der Waals surface area contributed by atoms with Gasteiger partial charge in [-0.15, -0.1) is 23.7 Å². The number of carbonyl (C=O) groups is 2. The first-order valence-electron chi connectivity index (χ1n) is 8.86. The molecule has 2 N–H and O–H groups in total. The lowest BCUT2D eigenvalue weighted by molar-refractivity contribution is -0.134. The molecular weight excluding hydrogens is 358 g/mol. The Bertz CT molecular complexity index is 599. The van der Waals surface area contributed by atoms with Gasteiger partial charge in [-0.25, -0.2) is 0 Å². The molecule has 1 saturated heterocycles. The Labute approximate surface area is 160 Å². The smallest absolute Gasteiger partial charge is 0.223 e. The lowest BCUT2D eigenvalue weighted by Gasteiger charge is -2.34. The third kappa shape index (κ3) is 5.43. The number of fused-ring (bicyclic) bond motifs is 1. The van der Waals surface area contributed by atoms with Gasteiger partial charge in [-0.1, -0.05) is 6.92 Å². The number of rotatable bonds is 5. The molecule has 0 unspecified atom stereocenters. The van der Waals surface area contributed by atoms with E-state index in [1.165, 1.54) is 10.4 Å². The van der Waals surface area contributed by atoms with Crippen molar-refractivity contribution < 1.29 is 9.59 Å². The van der Waals surface area contributed by atoms with Gasteiger partial charge in [0.1, 0.15) is 0 Å². The summed E-state index contributed by atoms with van der Waals surface area (Å²) >= 11 is 1.77. The molecule has 5 nitrogen and oxygen atoms in total. The highest BCUT2D eigenvalue weighted by Crippen LogP contribution is 2.27. The van der Waals surface area contributed by atoms with Crippen molar-refractivity contribution in [3.8, 4) is 0 Å². The Morgan fingerprint density at radius 3 is 2.84 bits per heavy atom. The summed E-state index contributed by atoms with van der Waals surface area (Å²) in [5.41, 5.74) is 1.45. The van der Waals surface area contributed by atoms with E-state index in [-0.39, 0.29) is 29.6 Å². The van der Waals surface area contributed by atoms with E-state index in [1.54, 1.807) is 11.3 Å². The van der Waals surface area contributed by atoms with Crippen molar-refractivity contribution in [1.29, 1.82) is 0 Å². The summed E-state index contributed by atoms with van der Waals surface area (Å²) in [6.45, 7) is 6.45. The fraction of sp³-hybridized carbons (Fsp3) is 0.667. The van der Waals surface area contributed by atoms with Gasteiger partial charge in [0.2, 0.25) is 11.8 Å². The van der Waals surface area contributed by atoms with E-state index in [4.69, 9.17) is 0 Å². The molecule has 140 valence electrons. The number of amides is 2. The highest BCUT2D eigenvalue weighted by Gasteiger charge is 2.27. The third-order valence-corrected chi connectivity index (χ3v) is 6.27. The zero-order valence-electron chi connectivity index (χ0n) is 14.8. The van der Waals surface area contributed by atoms with E-state index >= 15 is 0 Å². The Morgan fingerprint density at radius 2 is 2.08 bits per heavy atom. The molecule has 1 aromatic rings. The van der Waals surface area contributed by atoms with Crippen LogP contribution >= 0.6 is 23.7 Å². The monoisotopic (exact) mass is 385 g/mol. The number of hydrogen-bond acceptors (Lipinski definition) is 4. The average Bonchev–Trinajstić information content (AvgIpc) is 3.06. The molecule has 2 aliphatic heterocycles. The normalized spacial score (nSPS) is 18.8. The molecule has 2 aliphatic rings. The second-order valence-corrected chi connectivity index (χ2v) is 8.27. The molecule has 3 rings (SSSR count). The minimum atomic E-state index is -0.00339. The molecule has 3 heterocycles. The summed E-state index contributed by atoms with van der Waals surface area (Å²) in [6, 6.07) is 2.10. The zero-order chi connectivity index (χ0) is 17.0. The highest BCUT2D eigenvalue weighted by molar-refractivity contribution is 7.10. The molecule has 0 aromatic carbocycles. The Balaban J connectivity index is 0.00000225. The largest absolute Gasteiger partial charge is 0.356 e. The van der Waals surface area contributed by atoms with Gasteiger partial charge in [0.25, 0.3) is 0 Å². The lowest BCUT2D eigenvalue weighted by atomic mass is 9.81. The molecule has 1 fully saturated rings. The standard InChI is InChI=1S/C18H27N3O2S.ClH/c1-18(6-8-19-9-7-18)13-20-16(22)2-3-17(23)21-10-4-15-14(12-21)5-11-24-15;/h5,11,19H,2-4,6-10,12-13H2,1H3,(H,20,22);1H. The molecule has 25 heavy (non-hydrogen) atoms. The topological polar surface area (TPSA) is 61.4 Å². The van der Waals surface area contributed by atoms with Crippen LogP contribution in [0, 0.1) is 5.41 Å². The van der Waals surface area contributed by atoms with Gasteiger partial charge in [0.05, 0.1) is 0 Å². The molecule has 0 spiro atoms. The van der Waals surface area contributed by atoms with Crippen molar-refractivity contribution >= 4 is 35.6 Å². The van der Waals surface area contributed by atoms with Crippen LogP contribution in [0.4, 0.5) is 0 Å². The summed E-state index contributed by atoms with van der Waals surface area (Å²) in [4.78, 5) is 27.7. The molecule has 0 radical (unpaired) electrons. The highest BCUT2D eigenvalue weighted by atomic mass is 35.5.